The number of nitrogens with one attached hydrogen (secondary N) is 2. The van der Waals surface area contributed by atoms with Gasteiger partial charge in [-0.05, 0) is 38.8 Å². The molecule has 0 amide bonds. The van der Waals surface area contributed by atoms with E-state index in [0.29, 0.717) is 13.2 Å². The Morgan fingerprint density at radius 1 is 1.19 bits per heavy atom. The van der Waals surface area contributed by atoms with E-state index in [-0.39, 0.29) is 5.54 Å². The van der Waals surface area contributed by atoms with Crippen molar-refractivity contribution < 1.29 is 9.47 Å². The zero-order valence-electron chi connectivity index (χ0n) is 16.9. The van der Waals surface area contributed by atoms with Gasteiger partial charge in [-0.25, -0.2) is 0 Å². The predicted molar refractivity (Wildman–Crippen MR) is 107 cm³/mol. The standard InChI is InChI=1S/C20H34N4O2/c1-16-7-6-8-17(2)18(16)26-12-9-22-19(21-5)23-15-20(3,4)24-10-13-25-14-11-24/h6-8H,9-15H2,1-5H3,(H2,21,22,23). The Balaban J connectivity index is 1.74. The molecular weight excluding hydrogens is 328 g/mol. The number of aryl methyl sites for hydroxylation is 2. The molecule has 1 fully saturated rings. The first-order valence-electron chi connectivity index (χ1n) is 9.40. The molecule has 1 aliphatic rings. The van der Waals surface area contributed by atoms with Crippen molar-refractivity contribution in [1.82, 2.24) is 15.5 Å². The maximum absolute atomic E-state index is 5.94. The van der Waals surface area contributed by atoms with Crippen LogP contribution < -0.4 is 15.4 Å². The highest BCUT2D eigenvalue weighted by Gasteiger charge is 2.28. The second-order valence-corrected chi connectivity index (χ2v) is 7.33. The van der Waals surface area contributed by atoms with Gasteiger partial charge in [0.2, 0.25) is 0 Å². The van der Waals surface area contributed by atoms with Crippen molar-refractivity contribution >= 4 is 5.96 Å². The first-order chi connectivity index (χ1) is 12.4. The summed E-state index contributed by atoms with van der Waals surface area (Å²) in [5, 5.41) is 6.75. The smallest absolute Gasteiger partial charge is 0.191 e. The van der Waals surface area contributed by atoms with E-state index in [1.165, 1.54) is 11.1 Å². The summed E-state index contributed by atoms with van der Waals surface area (Å²) in [5.41, 5.74) is 2.38. The van der Waals surface area contributed by atoms with E-state index < -0.39 is 0 Å². The van der Waals surface area contributed by atoms with E-state index in [1.807, 2.05) is 0 Å². The van der Waals surface area contributed by atoms with Crippen molar-refractivity contribution in [2.24, 2.45) is 4.99 Å². The summed E-state index contributed by atoms with van der Waals surface area (Å²) in [5.74, 6) is 1.78. The second-order valence-electron chi connectivity index (χ2n) is 7.33. The molecule has 146 valence electrons. The number of aliphatic imine (C=N–C) groups is 1. The fourth-order valence-electron chi connectivity index (χ4n) is 3.15. The molecule has 2 N–H and O–H groups in total. The average Bonchev–Trinajstić information content (AvgIpc) is 2.64. The van der Waals surface area contributed by atoms with Crippen molar-refractivity contribution in [3.05, 3.63) is 29.3 Å². The number of morpholine rings is 1. The predicted octanol–water partition coefficient (Wildman–Crippen LogP) is 1.96. The molecule has 26 heavy (non-hydrogen) atoms. The Bertz CT molecular complexity index is 575. The summed E-state index contributed by atoms with van der Waals surface area (Å²) < 4.78 is 11.4. The molecule has 1 aromatic carbocycles. The SMILES string of the molecule is CN=C(NCCOc1c(C)cccc1C)NCC(C)(C)N1CCOCC1. The average molecular weight is 363 g/mol. The highest BCUT2D eigenvalue weighted by Crippen LogP contribution is 2.21. The molecular formula is C20H34N4O2. The largest absolute Gasteiger partial charge is 0.491 e. The van der Waals surface area contributed by atoms with E-state index in [0.717, 1.165) is 44.6 Å². The van der Waals surface area contributed by atoms with Crippen LogP contribution in [0.3, 0.4) is 0 Å². The minimum absolute atomic E-state index is 0.0517. The number of guanidine groups is 1. The molecule has 0 saturated carbocycles. The van der Waals surface area contributed by atoms with E-state index in [4.69, 9.17) is 9.47 Å². The number of ether oxygens (including phenoxy) is 2. The molecule has 2 rings (SSSR count). The zero-order valence-corrected chi connectivity index (χ0v) is 16.9. The third kappa shape index (κ3) is 5.88. The summed E-state index contributed by atoms with van der Waals surface area (Å²) in [7, 11) is 1.80. The van der Waals surface area contributed by atoms with Gasteiger partial charge >= 0.3 is 0 Å². The monoisotopic (exact) mass is 362 g/mol. The van der Waals surface area contributed by atoms with Gasteiger partial charge in [0, 0.05) is 32.2 Å². The van der Waals surface area contributed by atoms with Crippen LogP contribution in [0.2, 0.25) is 0 Å². The maximum atomic E-state index is 5.94. The van der Waals surface area contributed by atoms with Gasteiger partial charge in [-0.2, -0.15) is 0 Å². The maximum Gasteiger partial charge on any atom is 0.191 e. The van der Waals surface area contributed by atoms with E-state index >= 15 is 0 Å². The van der Waals surface area contributed by atoms with Crippen LogP contribution in [-0.4, -0.2) is 69.4 Å². The van der Waals surface area contributed by atoms with Gasteiger partial charge in [0.1, 0.15) is 12.4 Å². The van der Waals surface area contributed by atoms with Crippen molar-refractivity contribution in [2.45, 2.75) is 33.2 Å². The van der Waals surface area contributed by atoms with Crippen molar-refractivity contribution in [2.75, 3.05) is 53.0 Å². The number of rotatable bonds is 7. The molecule has 0 unspecified atom stereocenters. The van der Waals surface area contributed by atoms with E-state index in [2.05, 4.69) is 66.4 Å². The van der Waals surface area contributed by atoms with Crippen molar-refractivity contribution in [3.63, 3.8) is 0 Å². The Kier molecular flexibility index (Phi) is 7.72. The van der Waals surface area contributed by atoms with Crippen LogP contribution in [0, 0.1) is 13.8 Å². The molecule has 1 aromatic rings. The van der Waals surface area contributed by atoms with Crippen LogP contribution in [0.25, 0.3) is 0 Å². The second kappa shape index (κ2) is 9.78. The lowest BCUT2D eigenvalue weighted by molar-refractivity contribution is -0.00834. The minimum atomic E-state index is 0.0517. The third-order valence-corrected chi connectivity index (χ3v) is 4.83. The molecule has 6 nitrogen and oxygen atoms in total. The highest BCUT2D eigenvalue weighted by atomic mass is 16.5. The lowest BCUT2D eigenvalue weighted by atomic mass is 10.0. The number of hydrogen-bond acceptors (Lipinski definition) is 4. The highest BCUT2D eigenvalue weighted by molar-refractivity contribution is 5.79. The van der Waals surface area contributed by atoms with E-state index in [9.17, 15) is 0 Å². The molecule has 0 aromatic heterocycles. The summed E-state index contributed by atoms with van der Waals surface area (Å²) in [6.07, 6.45) is 0. The first kappa shape index (κ1) is 20.5. The fourth-order valence-corrected chi connectivity index (χ4v) is 3.15. The molecule has 0 spiro atoms. The molecule has 0 radical (unpaired) electrons. The molecule has 1 heterocycles. The summed E-state index contributed by atoms with van der Waals surface area (Å²) in [6, 6.07) is 6.20. The Labute approximate surface area is 158 Å². The van der Waals surface area contributed by atoms with Gasteiger partial charge in [0.25, 0.3) is 0 Å². The number of benzene rings is 1. The number of nitrogens with zero attached hydrogens (tertiary/aromatic N) is 2. The van der Waals surface area contributed by atoms with Crippen LogP contribution in [0.15, 0.2) is 23.2 Å². The molecule has 0 atom stereocenters. The zero-order chi connectivity index (χ0) is 19.0. The van der Waals surface area contributed by atoms with Gasteiger partial charge in [0.05, 0.1) is 19.8 Å². The number of hydrogen-bond donors (Lipinski definition) is 2. The normalized spacial score (nSPS) is 16.4. The summed E-state index contributed by atoms with van der Waals surface area (Å²) in [4.78, 5) is 6.77. The van der Waals surface area contributed by atoms with Gasteiger partial charge in [-0.1, -0.05) is 18.2 Å². The first-order valence-corrected chi connectivity index (χ1v) is 9.40. The van der Waals surface area contributed by atoms with Crippen molar-refractivity contribution in [3.8, 4) is 5.75 Å². The van der Waals surface area contributed by atoms with Gasteiger partial charge < -0.3 is 20.1 Å². The molecule has 1 aliphatic heterocycles. The quantitative estimate of drug-likeness (QED) is 0.441. The van der Waals surface area contributed by atoms with Gasteiger partial charge in [-0.3, -0.25) is 9.89 Å². The topological polar surface area (TPSA) is 58.1 Å². The van der Waals surface area contributed by atoms with Crippen LogP contribution in [0.4, 0.5) is 0 Å². The lowest BCUT2D eigenvalue weighted by Gasteiger charge is -2.41. The Morgan fingerprint density at radius 2 is 1.85 bits per heavy atom. The summed E-state index contributed by atoms with van der Waals surface area (Å²) in [6.45, 7) is 14.3. The molecule has 0 aliphatic carbocycles. The molecule has 1 saturated heterocycles. The molecule has 6 heteroatoms. The fraction of sp³-hybridized carbons (Fsp3) is 0.650. The van der Waals surface area contributed by atoms with Gasteiger partial charge in [-0.15, -0.1) is 0 Å². The lowest BCUT2D eigenvalue weighted by Crippen LogP contribution is -2.56. The summed E-state index contributed by atoms with van der Waals surface area (Å²) >= 11 is 0. The van der Waals surface area contributed by atoms with Gasteiger partial charge in [0.15, 0.2) is 5.96 Å². The van der Waals surface area contributed by atoms with E-state index in [1.54, 1.807) is 7.05 Å². The van der Waals surface area contributed by atoms with Crippen LogP contribution >= 0.6 is 0 Å². The van der Waals surface area contributed by atoms with Crippen molar-refractivity contribution in [1.29, 1.82) is 0 Å². The molecule has 0 bridgehead atoms. The Morgan fingerprint density at radius 3 is 2.46 bits per heavy atom. The minimum Gasteiger partial charge on any atom is -0.491 e. The van der Waals surface area contributed by atoms with Crippen LogP contribution in [0.1, 0.15) is 25.0 Å². The van der Waals surface area contributed by atoms with Crippen LogP contribution in [0.5, 0.6) is 5.75 Å². The number of para-hydroxylation sites is 1. The third-order valence-electron chi connectivity index (χ3n) is 4.83. The Hall–Kier alpha value is -1.79. The van der Waals surface area contributed by atoms with Crippen LogP contribution in [-0.2, 0) is 4.74 Å².